The van der Waals surface area contributed by atoms with Crippen LogP contribution in [0.1, 0.15) is 12.2 Å². The summed E-state index contributed by atoms with van der Waals surface area (Å²) in [5.41, 5.74) is 0. The molecule has 1 fully saturated rings. The second-order valence-corrected chi connectivity index (χ2v) is 10.6. The fourth-order valence-corrected chi connectivity index (χ4v) is 6.49. The van der Waals surface area contributed by atoms with Gasteiger partial charge in [0.1, 0.15) is 17.3 Å². The van der Waals surface area contributed by atoms with Crippen LogP contribution in [0.3, 0.4) is 0 Å². The van der Waals surface area contributed by atoms with E-state index in [1.165, 1.54) is 35.9 Å². The predicted octanol–water partition coefficient (Wildman–Crippen LogP) is 2.32. The van der Waals surface area contributed by atoms with Gasteiger partial charge in [-0.2, -0.15) is 4.31 Å². The Labute approximate surface area is 157 Å². The smallest absolute Gasteiger partial charge is 0.243 e. The van der Waals surface area contributed by atoms with E-state index in [-0.39, 0.29) is 35.2 Å². The molecule has 0 aliphatic carbocycles. The summed E-state index contributed by atoms with van der Waals surface area (Å²) in [7, 11) is -5.92. The van der Waals surface area contributed by atoms with Crippen molar-refractivity contribution in [3.8, 4) is 5.75 Å². The van der Waals surface area contributed by atoms with Gasteiger partial charge in [-0.05, 0) is 36.8 Å². The van der Waals surface area contributed by atoms with Gasteiger partial charge >= 0.3 is 0 Å². The third-order valence-corrected chi connectivity index (χ3v) is 8.54. The van der Waals surface area contributed by atoms with Crippen molar-refractivity contribution >= 4 is 31.5 Å². The number of furan rings is 1. The van der Waals surface area contributed by atoms with E-state index in [0.717, 1.165) is 0 Å². The van der Waals surface area contributed by atoms with Gasteiger partial charge in [0.2, 0.25) is 10.0 Å². The number of sulfone groups is 1. The molecule has 10 heteroatoms. The molecule has 1 aromatic heterocycles. The zero-order valence-electron chi connectivity index (χ0n) is 14.0. The number of ether oxygens (including phenoxy) is 1. The Morgan fingerprint density at radius 3 is 2.65 bits per heavy atom. The Morgan fingerprint density at radius 1 is 1.27 bits per heavy atom. The van der Waals surface area contributed by atoms with Crippen molar-refractivity contribution in [3.63, 3.8) is 0 Å². The van der Waals surface area contributed by atoms with Gasteiger partial charge in [0, 0.05) is 13.1 Å². The van der Waals surface area contributed by atoms with Crippen LogP contribution in [0.5, 0.6) is 5.75 Å². The van der Waals surface area contributed by atoms with Crippen LogP contribution in [-0.4, -0.2) is 46.6 Å². The normalized spacial score (nSPS) is 18.9. The van der Waals surface area contributed by atoms with Gasteiger partial charge in [-0.3, -0.25) is 0 Å². The average Bonchev–Trinajstić information content (AvgIpc) is 3.26. The zero-order valence-corrected chi connectivity index (χ0v) is 16.3. The first-order valence-corrected chi connectivity index (χ1v) is 11.3. The molecule has 7 nitrogen and oxygen atoms in total. The van der Waals surface area contributed by atoms with E-state index >= 15 is 0 Å². The summed E-state index contributed by atoms with van der Waals surface area (Å²) in [4.78, 5) is 0.00684. The van der Waals surface area contributed by atoms with Gasteiger partial charge in [-0.15, -0.1) is 0 Å². The number of halogens is 1. The minimum atomic E-state index is -3.84. The van der Waals surface area contributed by atoms with E-state index in [1.54, 1.807) is 12.1 Å². The second kappa shape index (κ2) is 7.22. The number of sulfonamides is 1. The van der Waals surface area contributed by atoms with Gasteiger partial charge in [-0.1, -0.05) is 11.6 Å². The van der Waals surface area contributed by atoms with E-state index in [9.17, 15) is 16.8 Å². The lowest BCUT2D eigenvalue weighted by Gasteiger charge is -2.17. The molecule has 0 N–H and O–H groups in total. The van der Waals surface area contributed by atoms with Crippen molar-refractivity contribution in [3.05, 3.63) is 47.4 Å². The Morgan fingerprint density at radius 2 is 2.04 bits per heavy atom. The topological polar surface area (TPSA) is 93.9 Å². The van der Waals surface area contributed by atoms with Crippen LogP contribution in [-0.2, 0) is 25.6 Å². The molecule has 0 bridgehead atoms. The number of nitrogens with zero attached hydrogens (tertiary/aromatic N) is 1. The van der Waals surface area contributed by atoms with E-state index in [4.69, 9.17) is 20.8 Å². The summed E-state index contributed by atoms with van der Waals surface area (Å²) in [6, 6.07) is 7.37. The third kappa shape index (κ3) is 3.75. The van der Waals surface area contributed by atoms with Crippen LogP contribution in [0.15, 0.2) is 45.9 Å². The molecule has 0 spiro atoms. The van der Waals surface area contributed by atoms with E-state index < -0.39 is 25.1 Å². The first-order chi connectivity index (χ1) is 12.2. The maximum atomic E-state index is 12.8. The largest absolute Gasteiger partial charge is 0.495 e. The molecule has 26 heavy (non-hydrogen) atoms. The molecule has 0 saturated carbocycles. The summed E-state index contributed by atoms with van der Waals surface area (Å²) < 4.78 is 61.9. The minimum absolute atomic E-state index is 0.00684. The molecule has 1 atom stereocenters. The number of methoxy groups -OCH3 is 1. The van der Waals surface area contributed by atoms with Crippen molar-refractivity contribution in [1.29, 1.82) is 0 Å². The van der Waals surface area contributed by atoms with Crippen LogP contribution in [0.4, 0.5) is 0 Å². The summed E-state index contributed by atoms with van der Waals surface area (Å²) in [5.74, 6) is 0.464. The number of rotatable bonds is 6. The molecular formula is C16H18ClNO6S2. The minimum Gasteiger partial charge on any atom is -0.495 e. The number of hydrogen-bond donors (Lipinski definition) is 0. The molecule has 1 saturated heterocycles. The van der Waals surface area contributed by atoms with Gasteiger partial charge in [0.05, 0.1) is 28.5 Å². The van der Waals surface area contributed by atoms with Gasteiger partial charge in [0.25, 0.3) is 0 Å². The molecule has 0 amide bonds. The van der Waals surface area contributed by atoms with Gasteiger partial charge in [0.15, 0.2) is 9.84 Å². The van der Waals surface area contributed by atoms with Crippen molar-refractivity contribution in [2.45, 2.75) is 22.3 Å². The standard InChI is InChI=1S/C16H18ClNO6S2/c1-23-16-5-4-13(9-15(16)17)26(21,22)18-7-6-14(10-18)25(19,20)11-12-3-2-8-24-12/h2-5,8-9,14H,6-7,10-11H2,1H3. The number of benzene rings is 1. The first-order valence-electron chi connectivity index (χ1n) is 7.81. The SMILES string of the molecule is COc1ccc(S(=O)(=O)N2CCC(S(=O)(=O)Cc3ccco3)C2)cc1Cl. The molecular weight excluding hydrogens is 402 g/mol. The number of hydrogen-bond acceptors (Lipinski definition) is 6. The molecule has 1 aliphatic heterocycles. The first kappa shape index (κ1) is 19.2. The van der Waals surface area contributed by atoms with Crippen molar-refractivity contribution in [2.75, 3.05) is 20.2 Å². The Bertz CT molecular complexity index is 986. The highest BCUT2D eigenvalue weighted by molar-refractivity contribution is 7.91. The Hall–Kier alpha value is -1.55. The van der Waals surface area contributed by atoms with Gasteiger partial charge < -0.3 is 9.15 Å². The summed E-state index contributed by atoms with van der Waals surface area (Å²) in [5, 5.41) is -0.592. The monoisotopic (exact) mass is 419 g/mol. The Kier molecular flexibility index (Phi) is 5.34. The van der Waals surface area contributed by atoms with Gasteiger partial charge in [-0.25, -0.2) is 16.8 Å². The van der Waals surface area contributed by atoms with Crippen molar-refractivity contribution in [2.24, 2.45) is 0 Å². The van der Waals surface area contributed by atoms with Crippen LogP contribution in [0.2, 0.25) is 5.02 Å². The fourth-order valence-electron chi connectivity index (χ4n) is 2.88. The zero-order chi connectivity index (χ0) is 18.9. The van der Waals surface area contributed by atoms with E-state index in [0.29, 0.717) is 11.5 Å². The molecule has 1 aliphatic rings. The lowest BCUT2D eigenvalue weighted by Crippen LogP contribution is -2.32. The van der Waals surface area contributed by atoms with Crippen molar-refractivity contribution < 1.29 is 26.0 Å². The van der Waals surface area contributed by atoms with Crippen LogP contribution in [0, 0.1) is 0 Å². The highest BCUT2D eigenvalue weighted by Gasteiger charge is 2.39. The Balaban J connectivity index is 1.78. The quantitative estimate of drug-likeness (QED) is 0.713. The summed E-state index contributed by atoms with van der Waals surface area (Å²) >= 11 is 6.01. The second-order valence-electron chi connectivity index (χ2n) is 5.96. The molecule has 1 aromatic carbocycles. The summed E-state index contributed by atoms with van der Waals surface area (Å²) in [6.07, 6.45) is 1.65. The third-order valence-electron chi connectivity index (χ3n) is 4.30. The lowest BCUT2D eigenvalue weighted by molar-refractivity contribution is 0.414. The maximum Gasteiger partial charge on any atom is 0.243 e. The van der Waals surface area contributed by atoms with Crippen LogP contribution < -0.4 is 4.74 Å². The molecule has 1 unspecified atom stereocenters. The van der Waals surface area contributed by atoms with Crippen LogP contribution >= 0.6 is 11.6 Å². The lowest BCUT2D eigenvalue weighted by atomic mass is 10.3. The molecule has 0 radical (unpaired) electrons. The molecule has 142 valence electrons. The molecule has 2 heterocycles. The average molecular weight is 420 g/mol. The molecule has 2 aromatic rings. The molecule has 3 rings (SSSR count). The van der Waals surface area contributed by atoms with Crippen molar-refractivity contribution in [1.82, 2.24) is 4.31 Å². The predicted molar refractivity (Wildman–Crippen MR) is 96.5 cm³/mol. The van der Waals surface area contributed by atoms with E-state index in [2.05, 4.69) is 0 Å². The highest BCUT2D eigenvalue weighted by Crippen LogP contribution is 2.31. The highest BCUT2D eigenvalue weighted by atomic mass is 35.5. The summed E-state index contributed by atoms with van der Waals surface area (Å²) in [6.45, 7) is 0.0447. The fraction of sp³-hybridized carbons (Fsp3) is 0.375. The van der Waals surface area contributed by atoms with Crippen LogP contribution in [0.25, 0.3) is 0 Å². The van der Waals surface area contributed by atoms with E-state index in [1.807, 2.05) is 0 Å². The maximum absolute atomic E-state index is 12.8.